The van der Waals surface area contributed by atoms with Gasteiger partial charge in [0, 0.05) is 11.1 Å². The van der Waals surface area contributed by atoms with Gasteiger partial charge in [-0.15, -0.1) is 0 Å². The molecular weight excluding hydrogens is 272 g/mol. The molecule has 0 radical (unpaired) electrons. The van der Waals surface area contributed by atoms with Gasteiger partial charge < -0.3 is 14.8 Å². The largest absolute Gasteiger partial charge is 0.480 e. The summed E-state index contributed by atoms with van der Waals surface area (Å²) < 4.78 is 5.17. The number of nitrogens with one attached hydrogen (secondary N) is 1. The first kappa shape index (κ1) is 13.4. The van der Waals surface area contributed by atoms with E-state index in [2.05, 4.69) is 10.3 Å². The van der Waals surface area contributed by atoms with Crippen molar-refractivity contribution in [3.05, 3.63) is 42.4 Å². The first-order chi connectivity index (χ1) is 10.1. The fraction of sp³-hybridized carbons (Fsp3) is 0.267. The standard InChI is InChI=1S/C15H14N2O4/c18-13(17-15(14(19)20)6-1-7-15)11-4-2-10(3-5-11)12-8-16-9-21-12/h2-5,8-9H,1,6-7H2,(H,17,18)(H,19,20). The Morgan fingerprint density at radius 3 is 2.43 bits per heavy atom. The third-order valence-electron chi connectivity index (χ3n) is 3.83. The van der Waals surface area contributed by atoms with E-state index in [0.29, 0.717) is 24.2 Å². The quantitative estimate of drug-likeness (QED) is 0.897. The number of hydrogen-bond acceptors (Lipinski definition) is 4. The fourth-order valence-electron chi connectivity index (χ4n) is 2.36. The Morgan fingerprint density at radius 1 is 1.24 bits per heavy atom. The van der Waals surface area contributed by atoms with Crippen molar-refractivity contribution >= 4 is 11.9 Å². The Hall–Kier alpha value is -2.63. The lowest BCUT2D eigenvalue weighted by atomic mass is 9.76. The van der Waals surface area contributed by atoms with Gasteiger partial charge in [-0.2, -0.15) is 0 Å². The minimum atomic E-state index is -1.10. The Balaban J connectivity index is 1.75. The molecule has 2 N–H and O–H groups in total. The molecule has 0 spiro atoms. The molecule has 1 saturated carbocycles. The van der Waals surface area contributed by atoms with Gasteiger partial charge in [0.1, 0.15) is 5.54 Å². The monoisotopic (exact) mass is 286 g/mol. The second-order valence-corrected chi connectivity index (χ2v) is 5.14. The number of benzene rings is 1. The lowest BCUT2D eigenvalue weighted by Gasteiger charge is -2.38. The SMILES string of the molecule is O=C(NC1(C(=O)O)CCC1)c1ccc(-c2cnco2)cc1. The highest BCUT2D eigenvalue weighted by molar-refractivity contribution is 5.98. The third-order valence-corrected chi connectivity index (χ3v) is 3.83. The van der Waals surface area contributed by atoms with Gasteiger partial charge in [0.05, 0.1) is 6.20 Å². The predicted octanol–water partition coefficient (Wildman–Crippen LogP) is 2.08. The number of hydrogen-bond donors (Lipinski definition) is 2. The van der Waals surface area contributed by atoms with Crippen LogP contribution in [0.1, 0.15) is 29.6 Å². The van der Waals surface area contributed by atoms with Gasteiger partial charge in [-0.3, -0.25) is 4.79 Å². The topological polar surface area (TPSA) is 92.4 Å². The van der Waals surface area contributed by atoms with Crippen LogP contribution in [0.5, 0.6) is 0 Å². The summed E-state index contributed by atoms with van der Waals surface area (Å²) in [7, 11) is 0. The highest BCUT2D eigenvalue weighted by Crippen LogP contribution is 2.32. The van der Waals surface area contributed by atoms with E-state index in [-0.39, 0.29) is 5.91 Å². The maximum Gasteiger partial charge on any atom is 0.329 e. The van der Waals surface area contributed by atoms with Crippen LogP contribution in [0.3, 0.4) is 0 Å². The molecule has 1 aromatic carbocycles. The summed E-state index contributed by atoms with van der Waals surface area (Å²) in [6.07, 6.45) is 4.69. The fourth-order valence-corrected chi connectivity index (χ4v) is 2.36. The second kappa shape index (κ2) is 5.05. The summed E-state index contributed by atoms with van der Waals surface area (Å²) in [5.41, 5.74) is 0.132. The molecule has 0 saturated heterocycles. The average molecular weight is 286 g/mol. The Kier molecular flexibility index (Phi) is 3.21. The molecule has 1 amide bonds. The molecule has 0 atom stereocenters. The Labute approximate surface area is 120 Å². The molecule has 1 aliphatic rings. The zero-order valence-corrected chi connectivity index (χ0v) is 11.2. The minimum absolute atomic E-state index is 0.374. The van der Waals surface area contributed by atoms with Gasteiger partial charge in [-0.05, 0) is 31.4 Å². The van der Waals surface area contributed by atoms with E-state index in [0.717, 1.165) is 12.0 Å². The number of carbonyl (C=O) groups excluding carboxylic acids is 1. The highest BCUT2D eigenvalue weighted by Gasteiger charge is 2.45. The van der Waals surface area contributed by atoms with Crippen LogP contribution in [0.25, 0.3) is 11.3 Å². The van der Waals surface area contributed by atoms with Crippen molar-refractivity contribution in [1.29, 1.82) is 0 Å². The van der Waals surface area contributed by atoms with Crippen molar-refractivity contribution in [2.75, 3.05) is 0 Å². The van der Waals surface area contributed by atoms with Gasteiger partial charge in [0.15, 0.2) is 12.2 Å². The molecule has 1 heterocycles. The van der Waals surface area contributed by atoms with Crippen LogP contribution < -0.4 is 5.32 Å². The molecule has 108 valence electrons. The van der Waals surface area contributed by atoms with Crippen LogP contribution in [0.4, 0.5) is 0 Å². The van der Waals surface area contributed by atoms with E-state index >= 15 is 0 Å². The Morgan fingerprint density at radius 2 is 1.95 bits per heavy atom. The summed E-state index contributed by atoms with van der Waals surface area (Å²) in [4.78, 5) is 27.2. The minimum Gasteiger partial charge on any atom is -0.480 e. The number of aliphatic carboxylic acids is 1. The zero-order valence-electron chi connectivity index (χ0n) is 11.2. The molecule has 1 aromatic heterocycles. The molecule has 0 unspecified atom stereocenters. The van der Waals surface area contributed by atoms with Crippen molar-refractivity contribution in [3.63, 3.8) is 0 Å². The molecule has 0 bridgehead atoms. The van der Waals surface area contributed by atoms with Crippen LogP contribution in [0, 0.1) is 0 Å². The van der Waals surface area contributed by atoms with Gasteiger partial charge >= 0.3 is 5.97 Å². The van der Waals surface area contributed by atoms with E-state index in [1.807, 2.05) is 0 Å². The maximum absolute atomic E-state index is 12.1. The number of carboxylic acid groups (broad SMARTS) is 1. The van der Waals surface area contributed by atoms with Gasteiger partial charge in [0.25, 0.3) is 5.91 Å². The number of aromatic nitrogens is 1. The van der Waals surface area contributed by atoms with Crippen LogP contribution in [0.15, 0.2) is 41.3 Å². The first-order valence-electron chi connectivity index (χ1n) is 6.66. The molecule has 6 nitrogen and oxygen atoms in total. The maximum atomic E-state index is 12.1. The van der Waals surface area contributed by atoms with Crippen molar-refractivity contribution in [1.82, 2.24) is 10.3 Å². The van der Waals surface area contributed by atoms with E-state index < -0.39 is 11.5 Å². The smallest absolute Gasteiger partial charge is 0.329 e. The van der Waals surface area contributed by atoms with Crippen molar-refractivity contribution in [2.24, 2.45) is 0 Å². The first-order valence-corrected chi connectivity index (χ1v) is 6.66. The van der Waals surface area contributed by atoms with E-state index in [9.17, 15) is 14.7 Å². The van der Waals surface area contributed by atoms with Crippen LogP contribution in [-0.2, 0) is 4.79 Å². The zero-order chi connectivity index (χ0) is 14.9. The van der Waals surface area contributed by atoms with E-state index in [1.165, 1.54) is 6.39 Å². The molecule has 6 heteroatoms. The third kappa shape index (κ3) is 2.40. The van der Waals surface area contributed by atoms with Gasteiger partial charge in [-0.25, -0.2) is 9.78 Å². The van der Waals surface area contributed by atoms with Crippen LogP contribution in [0.2, 0.25) is 0 Å². The second-order valence-electron chi connectivity index (χ2n) is 5.14. The van der Waals surface area contributed by atoms with Crippen LogP contribution >= 0.6 is 0 Å². The summed E-state index contributed by atoms with van der Waals surface area (Å²) >= 11 is 0. The summed E-state index contributed by atoms with van der Waals surface area (Å²) in [6, 6.07) is 6.76. The lowest BCUT2D eigenvalue weighted by molar-refractivity contribution is -0.148. The number of oxazole rings is 1. The number of carbonyl (C=O) groups is 2. The van der Waals surface area contributed by atoms with Gasteiger partial charge in [-0.1, -0.05) is 12.1 Å². The van der Waals surface area contributed by atoms with Crippen molar-refractivity contribution in [3.8, 4) is 11.3 Å². The summed E-state index contributed by atoms with van der Waals surface area (Å²) in [6.45, 7) is 0. The molecule has 21 heavy (non-hydrogen) atoms. The molecule has 3 rings (SSSR count). The Bertz CT molecular complexity index is 657. The molecule has 0 aliphatic heterocycles. The van der Waals surface area contributed by atoms with E-state index in [1.54, 1.807) is 30.5 Å². The lowest BCUT2D eigenvalue weighted by Crippen LogP contribution is -2.59. The summed E-state index contributed by atoms with van der Waals surface area (Å²) in [5.74, 6) is -0.732. The van der Waals surface area contributed by atoms with Crippen molar-refractivity contribution in [2.45, 2.75) is 24.8 Å². The normalized spacial score (nSPS) is 16.0. The van der Waals surface area contributed by atoms with Crippen molar-refractivity contribution < 1.29 is 19.1 Å². The molecule has 2 aromatic rings. The number of rotatable bonds is 4. The molecule has 1 aliphatic carbocycles. The molecule has 1 fully saturated rings. The van der Waals surface area contributed by atoms with E-state index in [4.69, 9.17) is 4.42 Å². The van der Waals surface area contributed by atoms with Crippen LogP contribution in [-0.4, -0.2) is 27.5 Å². The molecular formula is C15H14N2O4. The number of amides is 1. The average Bonchev–Trinajstić information content (AvgIpc) is 2.96. The number of nitrogens with zero attached hydrogens (tertiary/aromatic N) is 1. The predicted molar refractivity (Wildman–Crippen MR) is 73.6 cm³/mol. The summed E-state index contributed by atoms with van der Waals surface area (Å²) in [5, 5.41) is 11.8. The number of carboxylic acids is 1. The van der Waals surface area contributed by atoms with Gasteiger partial charge in [0.2, 0.25) is 0 Å². The highest BCUT2D eigenvalue weighted by atomic mass is 16.4.